The van der Waals surface area contributed by atoms with Gasteiger partial charge in [0.1, 0.15) is 5.78 Å². The Morgan fingerprint density at radius 1 is 1.08 bits per heavy atom. The summed E-state index contributed by atoms with van der Waals surface area (Å²) in [5, 5.41) is 0. The second-order valence-electron chi connectivity index (χ2n) is 2.32. The normalized spacial score (nSPS) is 8.33. The Morgan fingerprint density at radius 3 is 1.50 bits per heavy atom. The van der Waals surface area contributed by atoms with Crippen LogP contribution in [-0.2, 0) is 4.79 Å². The molecular formula is C9H10F2O. The highest BCUT2D eigenvalue weighted by Gasteiger charge is 1.93. The molecule has 1 aromatic carbocycles. The molecule has 0 spiro atoms. The maximum atomic E-state index is 11.9. The number of carbonyl (C=O) groups excluding carboxylic acids is 1. The molecule has 0 aliphatic rings. The third kappa shape index (κ3) is 5.53. The molecule has 3 heteroatoms. The van der Waals surface area contributed by atoms with Gasteiger partial charge in [-0.25, -0.2) is 8.78 Å². The zero-order chi connectivity index (χ0) is 9.56. The van der Waals surface area contributed by atoms with Gasteiger partial charge in [0.05, 0.1) is 0 Å². The van der Waals surface area contributed by atoms with Crippen LogP contribution in [0, 0.1) is 11.6 Å². The molecule has 0 radical (unpaired) electrons. The van der Waals surface area contributed by atoms with Gasteiger partial charge in [-0.05, 0) is 26.0 Å². The van der Waals surface area contributed by atoms with E-state index in [1.807, 2.05) is 0 Å². The maximum absolute atomic E-state index is 11.9. The second kappa shape index (κ2) is 5.41. The van der Waals surface area contributed by atoms with Gasteiger partial charge >= 0.3 is 0 Å². The first kappa shape index (κ1) is 10.8. The van der Waals surface area contributed by atoms with Crippen molar-refractivity contribution in [2.45, 2.75) is 13.8 Å². The van der Waals surface area contributed by atoms with Gasteiger partial charge in [0.2, 0.25) is 0 Å². The van der Waals surface area contributed by atoms with E-state index in [1.165, 1.54) is 26.0 Å². The summed E-state index contributed by atoms with van der Waals surface area (Å²) in [4.78, 5) is 9.44. The fourth-order valence-electron chi connectivity index (χ4n) is 0.439. The van der Waals surface area contributed by atoms with E-state index in [1.54, 1.807) is 0 Å². The number of ketones is 1. The lowest BCUT2D eigenvalue weighted by molar-refractivity contribution is -0.114. The Bertz CT molecular complexity index is 233. The highest BCUT2D eigenvalue weighted by atomic mass is 19.2. The molecule has 1 nitrogen and oxygen atoms in total. The van der Waals surface area contributed by atoms with Crippen LogP contribution < -0.4 is 0 Å². The molecule has 0 saturated heterocycles. The van der Waals surface area contributed by atoms with Gasteiger partial charge in [0.25, 0.3) is 0 Å². The monoisotopic (exact) mass is 172 g/mol. The predicted octanol–water partition coefficient (Wildman–Crippen LogP) is 2.56. The molecule has 0 aromatic heterocycles. The lowest BCUT2D eigenvalue weighted by atomic mass is 10.3. The van der Waals surface area contributed by atoms with Gasteiger partial charge in [0.15, 0.2) is 11.6 Å². The topological polar surface area (TPSA) is 17.1 Å². The van der Waals surface area contributed by atoms with Crippen molar-refractivity contribution in [2.75, 3.05) is 0 Å². The fourth-order valence-corrected chi connectivity index (χ4v) is 0.439. The SMILES string of the molecule is CC(C)=O.Fc1ccccc1F. The Labute approximate surface area is 70.0 Å². The van der Waals surface area contributed by atoms with E-state index >= 15 is 0 Å². The van der Waals surface area contributed by atoms with Crippen molar-refractivity contribution in [3.8, 4) is 0 Å². The molecule has 0 aliphatic carbocycles. The number of benzene rings is 1. The molecule has 0 N–H and O–H groups in total. The van der Waals surface area contributed by atoms with Crippen molar-refractivity contribution in [1.29, 1.82) is 0 Å². The van der Waals surface area contributed by atoms with Crippen molar-refractivity contribution in [3.63, 3.8) is 0 Å². The van der Waals surface area contributed by atoms with E-state index in [4.69, 9.17) is 0 Å². The second-order valence-corrected chi connectivity index (χ2v) is 2.32. The zero-order valence-corrected chi connectivity index (χ0v) is 6.97. The van der Waals surface area contributed by atoms with E-state index in [9.17, 15) is 13.6 Å². The number of Topliss-reactive ketones (excluding diaryl/α,β-unsaturated/α-hetero) is 1. The van der Waals surface area contributed by atoms with Crippen LogP contribution in [0.25, 0.3) is 0 Å². The number of hydrogen-bond acceptors (Lipinski definition) is 1. The summed E-state index contributed by atoms with van der Waals surface area (Å²) in [5.74, 6) is -1.43. The van der Waals surface area contributed by atoms with Gasteiger partial charge in [-0.15, -0.1) is 0 Å². The summed E-state index contributed by atoms with van der Waals surface area (Å²) < 4.78 is 23.9. The Morgan fingerprint density at radius 2 is 1.33 bits per heavy atom. The van der Waals surface area contributed by atoms with Gasteiger partial charge in [-0.1, -0.05) is 12.1 Å². The van der Waals surface area contributed by atoms with Crippen molar-refractivity contribution in [1.82, 2.24) is 0 Å². The van der Waals surface area contributed by atoms with E-state index in [2.05, 4.69) is 0 Å². The molecular weight excluding hydrogens is 162 g/mol. The third-order valence-corrected chi connectivity index (χ3v) is 0.824. The summed E-state index contributed by atoms with van der Waals surface area (Å²) in [6, 6.07) is 5.04. The fraction of sp³-hybridized carbons (Fsp3) is 0.222. The van der Waals surface area contributed by atoms with Gasteiger partial charge < -0.3 is 4.79 Å². The number of carbonyl (C=O) groups is 1. The zero-order valence-electron chi connectivity index (χ0n) is 6.97. The van der Waals surface area contributed by atoms with Crippen molar-refractivity contribution in [3.05, 3.63) is 35.9 Å². The van der Waals surface area contributed by atoms with Crippen molar-refractivity contribution < 1.29 is 13.6 Å². The molecule has 66 valence electrons. The van der Waals surface area contributed by atoms with Crippen LogP contribution in [0.5, 0.6) is 0 Å². The predicted molar refractivity (Wildman–Crippen MR) is 42.7 cm³/mol. The van der Waals surface area contributed by atoms with Crippen LogP contribution >= 0.6 is 0 Å². The third-order valence-electron chi connectivity index (χ3n) is 0.824. The molecule has 12 heavy (non-hydrogen) atoms. The van der Waals surface area contributed by atoms with Crippen LogP contribution in [0.3, 0.4) is 0 Å². The largest absolute Gasteiger partial charge is 0.300 e. The van der Waals surface area contributed by atoms with Crippen LogP contribution in [0.1, 0.15) is 13.8 Å². The number of halogens is 2. The van der Waals surface area contributed by atoms with Gasteiger partial charge in [0, 0.05) is 0 Å². The maximum Gasteiger partial charge on any atom is 0.158 e. The summed E-state index contributed by atoms with van der Waals surface area (Å²) in [6.07, 6.45) is 0. The summed E-state index contributed by atoms with van der Waals surface area (Å²) >= 11 is 0. The summed E-state index contributed by atoms with van der Waals surface area (Å²) in [5.41, 5.74) is 0. The van der Waals surface area contributed by atoms with E-state index in [-0.39, 0.29) is 5.78 Å². The van der Waals surface area contributed by atoms with E-state index < -0.39 is 11.6 Å². The summed E-state index contributed by atoms with van der Waals surface area (Å²) in [6.45, 7) is 3.06. The molecule has 0 saturated carbocycles. The van der Waals surface area contributed by atoms with Crippen LogP contribution in [-0.4, -0.2) is 5.78 Å². The molecule has 1 rings (SSSR count). The van der Waals surface area contributed by atoms with Crippen molar-refractivity contribution in [2.24, 2.45) is 0 Å². The Hall–Kier alpha value is -1.25. The van der Waals surface area contributed by atoms with E-state index in [0.717, 1.165) is 12.1 Å². The molecule has 0 amide bonds. The first-order chi connectivity index (χ1) is 5.54. The van der Waals surface area contributed by atoms with Crippen LogP contribution in [0.15, 0.2) is 24.3 Å². The average Bonchev–Trinajstić information content (AvgIpc) is 1.94. The highest BCUT2D eigenvalue weighted by molar-refractivity contribution is 5.72. The minimum Gasteiger partial charge on any atom is -0.300 e. The Balaban J connectivity index is 0.000000261. The van der Waals surface area contributed by atoms with Gasteiger partial charge in [-0.3, -0.25) is 0 Å². The highest BCUT2D eigenvalue weighted by Crippen LogP contribution is 2.01. The molecule has 0 bridgehead atoms. The summed E-state index contributed by atoms with van der Waals surface area (Å²) in [7, 11) is 0. The van der Waals surface area contributed by atoms with Gasteiger partial charge in [-0.2, -0.15) is 0 Å². The lowest BCUT2D eigenvalue weighted by Crippen LogP contribution is -1.77. The minimum absolute atomic E-state index is 0.167. The molecule has 0 heterocycles. The molecule has 0 atom stereocenters. The van der Waals surface area contributed by atoms with E-state index in [0.29, 0.717) is 0 Å². The smallest absolute Gasteiger partial charge is 0.158 e. The first-order valence-electron chi connectivity index (χ1n) is 3.41. The first-order valence-corrected chi connectivity index (χ1v) is 3.41. The number of hydrogen-bond donors (Lipinski definition) is 0. The van der Waals surface area contributed by atoms with Crippen LogP contribution in [0.2, 0.25) is 0 Å². The van der Waals surface area contributed by atoms with Crippen LogP contribution in [0.4, 0.5) is 8.78 Å². The standard InChI is InChI=1S/C6H4F2.C3H6O/c7-5-3-1-2-4-6(5)8;1-3(2)4/h1-4H;1-2H3. The molecule has 1 aromatic rings. The minimum atomic E-state index is -0.799. The quantitative estimate of drug-likeness (QED) is 0.587. The average molecular weight is 172 g/mol. The molecule has 0 unspecified atom stereocenters. The molecule has 0 fully saturated rings. The number of rotatable bonds is 0. The molecule has 0 aliphatic heterocycles. The lowest BCUT2D eigenvalue weighted by Gasteiger charge is -1.85. The Kier molecular flexibility index (Phi) is 4.84. The van der Waals surface area contributed by atoms with Crippen molar-refractivity contribution >= 4 is 5.78 Å².